The molecule has 0 bridgehead atoms. The molecule has 1 saturated heterocycles. The highest BCUT2D eigenvalue weighted by Gasteiger charge is 2.29. The van der Waals surface area contributed by atoms with Gasteiger partial charge >= 0.3 is 0 Å². The van der Waals surface area contributed by atoms with Crippen LogP contribution >= 0.6 is 0 Å². The monoisotopic (exact) mass is 338 g/mol. The van der Waals surface area contributed by atoms with Crippen molar-refractivity contribution in [3.05, 3.63) is 11.9 Å². The highest BCUT2D eigenvalue weighted by atomic mass is 19.1. The summed E-state index contributed by atoms with van der Waals surface area (Å²) in [5.74, 6) is 3.15. The summed E-state index contributed by atoms with van der Waals surface area (Å²) in [5, 5.41) is 0. The molecule has 1 unspecified atom stereocenters. The zero-order valence-electron chi connectivity index (χ0n) is 15.4. The van der Waals surface area contributed by atoms with E-state index >= 15 is 0 Å². The average Bonchev–Trinajstić information content (AvgIpc) is 2.63. The van der Waals surface area contributed by atoms with Crippen LogP contribution in [0.2, 0.25) is 0 Å². The summed E-state index contributed by atoms with van der Waals surface area (Å²) >= 11 is 0. The summed E-state index contributed by atoms with van der Waals surface area (Å²) in [6.45, 7) is 4.00. The SMILES string of the molecule is CCC[C@H]1CO[C@H](CC[C@H]2CC[C@H](C3CC=C(F)CC3)CC2)OC1. The standard InChI is InChI=1S/C21H35FO2/c1-2-3-17-14-23-21(24-15-17)13-6-16-4-7-18(8-5-16)19-9-11-20(22)12-10-19/h11,16-19,21H,2-10,12-15H2,1H3/t16-,17-,18-,19?,21-. The van der Waals surface area contributed by atoms with Crippen LogP contribution in [-0.2, 0) is 9.47 Å². The lowest BCUT2D eigenvalue weighted by atomic mass is 9.71. The molecule has 138 valence electrons. The van der Waals surface area contributed by atoms with Crippen LogP contribution in [0.4, 0.5) is 4.39 Å². The van der Waals surface area contributed by atoms with Gasteiger partial charge in [-0.1, -0.05) is 32.3 Å². The molecule has 1 saturated carbocycles. The van der Waals surface area contributed by atoms with E-state index in [9.17, 15) is 4.39 Å². The predicted molar refractivity (Wildman–Crippen MR) is 95.3 cm³/mol. The maximum absolute atomic E-state index is 13.2. The first kappa shape index (κ1) is 18.4. The minimum absolute atomic E-state index is 0.0438. The van der Waals surface area contributed by atoms with Crippen molar-refractivity contribution in [2.24, 2.45) is 23.7 Å². The summed E-state index contributed by atoms with van der Waals surface area (Å²) in [6, 6.07) is 0. The van der Waals surface area contributed by atoms with Gasteiger partial charge in [0.2, 0.25) is 0 Å². The van der Waals surface area contributed by atoms with Gasteiger partial charge in [-0.2, -0.15) is 0 Å². The molecule has 0 aromatic heterocycles. The third kappa shape index (κ3) is 5.29. The molecule has 2 nitrogen and oxygen atoms in total. The topological polar surface area (TPSA) is 18.5 Å². The van der Waals surface area contributed by atoms with E-state index in [4.69, 9.17) is 9.47 Å². The summed E-state index contributed by atoms with van der Waals surface area (Å²) in [4.78, 5) is 0. The van der Waals surface area contributed by atoms with Gasteiger partial charge in [-0.05, 0) is 69.1 Å². The quantitative estimate of drug-likeness (QED) is 0.590. The van der Waals surface area contributed by atoms with E-state index in [2.05, 4.69) is 6.92 Å². The van der Waals surface area contributed by atoms with Crippen LogP contribution < -0.4 is 0 Å². The molecule has 0 amide bonds. The molecular formula is C21H35FO2. The number of hydrogen-bond acceptors (Lipinski definition) is 2. The average molecular weight is 339 g/mol. The molecule has 2 fully saturated rings. The van der Waals surface area contributed by atoms with Crippen molar-refractivity contribution < 1.29 is 13.9 Å². The van der Waals surface area contributed by atoms with Gasteiger partial charge in [0.25, 0.3) is 0 Å². The van der Waals surface area contributed by atoms with Gasteiger partial charge < -0.3 is 9.47 Å². The van der Waals surface area contributed by atoms with Gasteiger partial charge in [-0.3, -0.25) is 0 Å². The normalized spacial score (nSPS) is 37.9. The molecule has 3 aliphatic rings. The Morgan fingerprint density at radius 3 is 2.29 bits per heavy atom. The van der Waals surface area contributed by atoms with Crippen LogP contribution in [-0.4, -0.2) is 19.5 Å². The van der Waals surface area contributed by atoms with Crippen LogP contribution in [0.1, 0.15) is 77.6 Å². The molecule has 0 spiro atoms. The van der Waals surface area contributed by atoms with E-state index in [0.29, 0.717) is 12.3 Å². The molecule has 24 heavy (non-hydrogen) atoms. The minimum Gasteiger partial charge on any atom is -0.352 e. The van der Waals surface area contributed by atoms with Crippen LogP contribution in [0.3, 0.4) is 0 Å². The van der Waals surface area contributed by atoms with Crippen molar-refractivity contribution >= 4 is 0 Å². The Morgan fingerprint density at radius 2 is 1.67 bits per heavy atom. The Bertz CT molecular complexity index is 393. The highest BCUT2D eigenvalue weighted by Crippen LogP contribution is 2.41. The highest BCUT2D eigenvalue weighted by molar-refractivity contribution is 4.99. The Labute approximate surface area is 147 Å². The van der Waals surface area contributed by atoms with E-state index in [1.807, 2.05) is 6.08 Å². The third-order valence-electron chi connectivity index (χ3n) is 6.50. The van der Waals surface area contributed by atoms with Gasteiger partial charge in [-0.15, -0.1) is 0 Å². The number of allylic oxidation sites excluding steroid dienone is 2. The van der Waals surface area contributed by atoms with Crippen molar-refractivity contribution in [3.63, 3.8) is 0 Å². The number of rotatable bonds is 6. The lowest BCUT2D eigenvalue weighted by molar-refractivity contribution is -0.205. The maximum Gasteiger partial charge on any atom is 0.157 e. The Balaban J connectivity index is 1.30. The third-order valence-corrected chi connectivity index (χ3v) is 6.50. The second-order valence-electron chi connectivity index (χ2n) is 8.29. The lowest BCUT2D eigenvalue weighted by Crippen LogP contribution is -2.32. The fourth-order valence-electron chi connectivity index (χ4n) is 4.90. The fourth-order valence-corrected chi connectivity index (χ4v) is 4.90. The van der Waals surface area contributed by atoms with Gasteiger partial charge in [0.15, 0.2) is 6.29 Å². The molecule has 3 heteroatoms. The first-order chi connectivity index (χ1) is 11.7. The largest absolute Gasteiger partial charge is 0.352 e. The molecule has 2 aliphatic carbocycles. The molecule has 1 atom stereocenters. The van der Waals surface area contributed by atoms with Gasteiger partial charge in [0.1, 0.15) is 0 Å². The molecule has 0 radical (unpaired) electrons. The van der Waals surface area contributed by atoms with Crippen molar-refractivity contribution in [3.8, 4) is 0 Å². The fraction of sp³-hybridized carbons (Fsp3) is 0.905. The molecule has 0 N–H and O–H groups in total. The Morgan fingerprint density at radius 1 is 0.917 bits per heavy atom. The second kappa shape index (κ2) is 9.33. The molecule has 0 aromatic rings. The summed E-state index contributed by atoms with van der Waals surface area (Å²) in [6.07, 6.45) is 14.7. The van der Waals surface area contributed by atoms with Crippen molar-refractivity contribution in [1.82, 2.24) is 0 Å². The Hall–Kier alpha value is -0.410. The smallest absolute Gasteiger partial charge is 0.157 e. The van der Waals surface area contributed by atoms with E-state index in [1.165, 1.54) is 44.9 Å². The molecular weight excluding hydrogens is 303 g/mol. The van der Waals surface area contributed by atoms with Crippen LogP contribution in [0, 0.1) is 23.7 Å². The number of hydrogen-bond donors (Lipinski definition) is 0. The predicted octanol–water partition coefficient (Wildman–Crippen LogP) is 6.02. The van der Waals surface area contributed by atoms with Crippen LogP contribution in [0.15, 0.2) is 11.9 Å². The molecule has 1 aliphatic heterocycles. The second-order valence-corrected chi connectivity index (χ2v) is 8.29. The molecule has 3 rings (SSSR count). The van der Waals surface area contributed by atoms with Gasteiger partial charge in [-0.25, -0.2) is 4.39 Å². The van der Waals surface area contributed by atoms with E-state index in [1.54, 1.807) is 0 Å². The molecule has 1 heterocycles. The summed E-state index contributed by atoms with van der Waals surface area (Å²) in [7, 11) is 0. The Kier molecular flexibility index (Phi) is 7.15. The summed E-state index contributed by atoms with van der Waals surface area (Å²) in [5.41, 5.74) is 0. The van der Waals surface area contributed by atoms with E-state index < -0.39 is 0 Å². The molecule has 0 aromatic carbocycles. The minimum atomic E-state index is 0.0438. The van der Waals surface area contributed by atoms with Crippen LogP contribution in [0.5, 0.6) is 0 Å². The van der Waals surface area contributed by atoms with Crippen molar-refractivity contribution in [2.45, 2.75) is 83.8 Å². The zero-order chi connectivity index (χ0) is 16.8. The number of ether oxygens (including phenoxy) is 2. The number of halogens is 1. The van der Waals surface area contributed by atoms with E-state index in [0.717, 1.165) is 50.2 Å². The lowest BCUT2D eigenvalue weighted by Gasteiger charge is -2.35. The van der Waals surface area contributed by atoms with Crippen LogP contribution in [0.25, 0.3) is 0 Å². The van der Waals surface area contributed by atoms with Gasteiger partial charge in [0.05, 0.1) is 19.0 Å². The summed E-state index contributed by atoms with van der Waals surface area (Å²) < 4.78 is 25.0. The van der Waals surface area contributed by atoms with Crippen molar-refractivity contribution in [2.75, 3.05) is 13.2 Å². The van der Waals surface area contributed by atoms with Crippen molar-refractivity contribution in [1.29, 1.82) is 0 Å². The van der Waals surface area contributed by atoms with E-state index in [-0.39, 0.29) is 12.1 Å². The maximum atomic E-state index is 13.2. The first-order valence-electron chi connectivity index (χ1n) is 10.3. The van der Waals surface area contributed by atoms with Gasteiger partial charge in [0, 0.05) is 5.92 Å². The zero-order valence-corrected chi connectivity index (χ0v) is 15.4. The first-order valence-corrected chi connectivity index (χ1v) is 10.3.